The van der Waals surface area contributed by atoms with Crippen molar-refractivity contribution in [2.24, 2.45) is 0 Å². The molecule has 3 rings (SSSR count). The Balaban J connectivity index is 1.49. The third-order valence-electron chi connectivity index (χ3n) is 2.97. The Hall–Kier alpha value is -1.47. The number of thioether (sulfide) groups is 1. The predicted molar refractivity (Wildman–Crippen MR) is 71.8 cm³/mol. The van der Waals surface area contributed by atoms with Gasteiger partial charge < -0.3 is 4.42 Å². The van der Waals surface area contributed by atoms with Gasteiger partial charge in [-0.05, 0) is 12.1 Å². The van der Waals surface area contributed by atoms with Crippen LogP contribution >= 0.6 is 11.8 Å². The molecule has 0 N–H and O–H groups in total. The molecule has 0 bridgehead atoms. The number of likely N-dealkylation sites (tertiary alicyclic amines) is 1. The standard InChI is InChI=1S/C13H13F2N3OS/c14-13(15)8-18(9-13)6-7-20-12-17-16-11(19-12)10-4-2-1-3-5-10/h1-5H,6-9H2. The third-order valence-corrected chi connectivity index (χ3v) is 3.77. The molecule has 1 aliphatic heterocycles. The lowest BCUT2D eigenvalue weighted by atomic mass is 10.1. The van der Waals surface area contributed by atoms with Crippen molar-refractivity contribution in [3.05, 3.63) is 30.3 Å². The van der Waals surface area contributed by atoms with Gasteiger partial charge in [-0.15, -0.1) is 10.2 Å². The molecule has 4 nitrogen and oxygen atoms in total. The van der Waals surface area contributed by atoms with Gasteiger partial charge in [0, 0.05) is 17.9 Å². The third kappa shape index (κ3) is 3.16. The van der Waals surface area contributed by atoms with Gasteiger partial charge in [-0.2, -0.15) is 0 Å². The Morgan fingerprint density at radius 3 is 2.65 bits per heavy atom. The molecule has 1 aromatic carbocycles. The van der Waals surface area contributed by atoms with Crippen LogP contribution in [0.1, 0.15) is 0 Å². The molecule has 1 saturated heterocycles. The lowest BCUT2D eigenvalue weighted by Gasteiger charge is -2.38. The molecule has 1 fully saturated rings. The van der Waals surface area contributed by atoms with E-state index in [0.717, 1.165) is 5.56 Å². The van der Waals surface area contributed by atoms with Gasteiger partial charge in [0.1, 0.15) is 0 Å². The number of aromatic nitrogens is 2. The van der Waals surface area contributed by atoms with Crippen molar-refractivity contribution in [2.45, 2.75) is 11.1 Å². The minimum Gasteiger partial charge on any atom is -0.411 e. The lowest BCUT2D eigenvalue weighted by molar-refractivity contribution is -0.127. The number of hydrogen-bond donors (Lipinski definition) is 0. The largest absolute Gasteiger partial charge is 0.411 e. The molecule has 1 aliphatic rings. The van der Waals surface area contributed by atoms with Gasteiger partial charge >= 0.3 is 0 Å². The summed E-state index contributed by atoms with van der Waals surface area (Å²) in [5.41, 5.74) is 0.870. The van der Waals surface area contributed by atoms with Crippen LogP contribution < -0.4 is 0 Å². The van der Waals surface area contributed by atoms with Gasteiger partial charge in [-0.25, -0.2) is 8.78 Å². The smallest absolute Gasteiger partial charge is 0.276 e. The van der Waals surface area contributed by atoms with Crippen molar-refractivity contribution in [1.29, 1.82) is 0 Å². The van der Waals surface area contributed by atoms with E-state index in [0.29, 0.717) is 23.4 Å². The van der Waals surface area contributed by atoms with Crippen LogP contribution in [0.5, 0.6) is 0 Å². The molecule has 0 spiro atoms. The number of rotatable bonds is 5. The SMILES string of the molecule is FC1(F)CN(CCSc2nnc(-c3ccccc3)o2)C1. The molecule has 106 valence electrons. The van der Waals surface area contributed by atoms with Crippen LogP contribution in [-0.2, 0) is 0 Å². The van der Waals surface area contributed by atoms with Gasteiger partial charge in [0.25, 0.3) is 11.1 Å². The average molecular weight is 297 g/mol. The zero-order valence-corrected chi connectivity index (χ0v) is 11.4. The molecular weight excluding hydrogens is 284 g/mol. The molecular formula is C13H13F2N3OS. The van der Waals surface area contributed by atoms with Crippen molar-refractivity contribution in [2.75, 3.05) is 25.4 Å². The Bertz CT molecular complexity index is 568. The predicted octanol–water partition coefficient (Wildman–Crippen LogP) is 2.78. The van der Waals surface area contributed by atoms with E-state index in [9.17, 15) is 8.78 Å². The van der Waals surface area contributed by atoms with Gasteiger partial charge in [-0.1, -0.05) is 30.0 Å². The number of benzene rings is 1. The van der Waals surface area contributed by atoms with Crippen molar-refractivity contribution < 1.29 is 13.2 Å². The fraction of sp³-hybridized carbons (Fsp3) is 0.385. The summed E-state index contributed by atoms with van der Waals surface area (Å²) < 4.78 is 30.8. The van der Waals surface area contributed by atoms with Crippen LogP contribution in [0.15, 0.2) is 40.0 Å². The Morgan fingerprint density at radius 2 is 1.95 bits per heavy atom. The van der Waals surface area contributed by atoms with Gasteiger partial charge in [0.05, 0.1) is 13.1 Å². The van der Waals surface area contributed by atoms with Crippen LogP contribution in [0.4, 0.5) is 8.78 Å². The van der Waals surface area contributed by atoms with Crippen molar-refractivity contribution >= 4 is 11.8 Å². The molecule has 7 heteroatoms. The second-order valence-electron chi connectivity index (χ2n) is 4.65. The number of nitrogens with zero attached hydrogens (tertiary/aromatic N) is 3. The normalized spacial score (nSPS) is 17.9. The maximum absolute atomic E-state index is 12.6. The zero-order valence-electron chi connectivity index (χ0n) is 10.6. The maximum Gasteiger partial charge on any atom is 0.276 e. The van der Waals surface area contributed by atoms with Crippen LogP contribution in [0.2, 0.25) is 0 Å². The molecule has 0 atom stereocenters. The number of halogens is 2. The molecule has 0 saturated carbocycles. The Kier molecular flexibility index (Phi) is 3.71. The summed E-state index contributed by atoms with van der Waals surface area (Å²) in [6, 6.07) is 9.50. The molecule has 1 aromatic heterocycles. The quantitative estimate of drug-likeness (QED) is 0.794. The molecule has 0 aliphatic carbocycles. The highest BCUT2D eigenvalue weighted by Gasteiger charge is 2.43. The first-order valence-electron chi connectivity index (χ1n) is 6.24. The van der Waals surface area contributed by atoms with E-state index in [4.69, 9.17) is 4.42 Å². The highest BCUT2D eigenvalue weighted by molar-refractivity contribution is 7.99. The average Bonchev–Trinajstić information content (AvgIpc) is 2.86. The van der Waals surface area contributed by atoms with Gasteiger partial charge in [0.2, 0.25) is 5.89 Å². The summed E-state index contributed by atoms with van der Waals surface area (Å²) >= 11 is 1.39. The zero-order chi connectivity index (χ0) is 14.0. The van der Waals surface area contributed by atoms with E-state index in [1.165, 1.54) is 11.8 Å². The maximum atomic E-state index is 12.6. The molecule has 0 amide bonds. The summed E-state index contributed by atoms with van der Waals surface area (Å²) in [7, 11) is 0. The fourth-order valence-electron chi connectivity index (χ4n) is 1.99. The summed E-state index contributed by atoms with van der Waals surface area (Å²) in [6.07, 6.45) is 0. The molecule has 2 aromatic rings. The summed E-state index contributed by atoms with van der Waals surface area (Å²) in [5, 5.41) is 8.38. The van der Waals surface area contributed by atoms with E-state index in [1.807, 2.05) is 30.3 Å². The number of alkyl halides is 2. The van der Waals surface area contributed by atoms with E-state index >= 15 is 0 Å². The minimum atomic E-state index is -2.50. The van der Waals surface area contributed by atoms with Crippen molar-refractivity contribution in [3.8, 4) is 11.5 Å². The van der Waals surface area contributed by atoms with Crippen molar-refractivity contribution in [3.63, 3.8) is 0 Å². The molecule has 2 heterocycles. The van der Waals surface area contributed by atoms with E-state index in [1.54, 1.807) is 4.90 Å². The molecule has 0 radical (unpaired) electrons. The summed E-state index contributed by atoms with van der Waals surface area (Å²) in [6.45, 7) is 0.308. The van der Waals surface area contributed by atoms with Gasteiger partial charge in [-0.3, -0.25) is 4.90 Å². The van der Waals surface area contributed by atoms with E-state index < -0.39 is 5.92 Å². The Morgan fingerprint density at radius 1 is 1.20 bits per heavy atom. The highest BCUT2D eigenvalue weighted by atomic mass is 32.2. The fourth-order valence-corrected chi connectivity index (χ4v) is 2.75. The van der Waals surface area contributed by atoms with Crippen molar-refractivity contribution in [1.82, 2.24) is 15.1 Å². The van der Waals surface area contributed by atoms with Crippen LogP contribution in [0, 0.1) is 0 Å². The monoisotopic (exact) mass is 297 g/mol. The number of hydrogen-bond acceptors (Lipinski definition) is 5. The first-order chi connectivity index (χ1) is 9.62. The van der Waals surface area contributed by atoms with Crippen LogP contribution in [-0.4, -0.2) is 46.4 Å². The second-order valence-corrected chi connectivity index (χ2v) is 5.70. The second kappa shape index (κ2) is 5.49. The molecule has 20 heavy (non-hydrogen) atoms. The lowest BCUT2D eigenvalue weighted by Crippen LogP contribution is -2.56. The van der Waals surface area contributed by atoms with Crippen LogP contribution in [0.25, 0.3) is 11.5 Å². The minimum absolute atomic E-state index is 0.146. The topological polar surface area (TPSA) is 42.2 Å². The first kappa shape index (κ1) is 13.5. The van der Waals surface area contributed by atoms with E-state index in [2.05, 4.69) is 10.2 Å². The van der Waals surface area contributed by atoms with Gasteiger partial charge in [0.15, 0.2) is 0 Å². The van der Waals surface area contributed by atoms with E-state index in [-0.39, 0.29) is 13.1 Å². The first-order valence-corrected chi connectivity index (χ1v) is 7.23. The highest BCUT2D eigenvalue weighted by Crippen LogP contribution is 2.27. The summed E-state index contributed by atoms with van der Waals surface area (Å²) in [4.78, 5) is 1.71. The van der Waals surface area contributed by atoms with Crippen LogP contribution in [0.3, 0.4) is 0 Å². The Labute approximate surface area is 119 Å². The summed E-state index contributed by atoms with van der Waals surface area (Å²) in [5.74, 6) is -1.37. The molecule has 0 unspecified atom stereocenters.